The largest absolute Gasteiger partial charge is 0.478 e. The van der Waals surface area contributed by atoms with Crippen LogP contribution in [0, 0.1) is 10.8 Å². The fourth-order valence-electron chi connectivity index (χ4n) is 8.73. The lowest BCUT2D eigenvalue weighted by Crippen LogP contribution is -2.55. The quantitative estimate of drug-likeness (QED) is 0.0495. The summed E-state index contributed by atoms with van der Waals surface area (Å²) in [7, 11) is 0. The predicted octanol–water partition coefficient (Wildman–Crippen LogP) is 12.7. The third kappa shape index (κ3) is 16.6. The van der Waals surface area contributed by atoms with Crippen LogP contribution < -0.4 is 27.4 Å². The molecule has 8 N–H and O–H groups in total. The highest BCUT2D eigenvalue weighted by atomic mass is 35.5. The average Bonchev–Trinajstić information content (AvgIpc) is 4.09. The Bertz CT molecular complexity index is 3660. The molecule has 0 aliphatic carbocycles. The van der Waals surface area contributed by atoms with Crippen LogP contribution in [-0.2, 0) is 35.0 Å². The van der Waals surface area contributed by atoms with Crippen LogP contribution in [0.4, 0.5) is 38.0 Å². The van der Waals surface area contributed by atoms with Gasteiger partial charge in [-0.1, -0.05) is 59.4 Å². The second kappa shape index (κ2) is 25.9. The number of halogens is 7. The standard InChI is InChI=1S/C30H27F3N4O3.C25H18F3N3O4.C5H11N.CH4.ClH/c1-29(2)16-37(17-29)28(39)20-7-5-19(6-8-20)21-11-22-12-23(40-27(22)24(13-21)30(31,32)33)15-36-26(38)10-4-18-3-9-25(34)35-14-18;26-25(27,28)20-11-17(15-3-5-16(6-4-15)24(33)34)9-18-10-19(35-23(18)20)13-31-22(32)8-2-14-1-7-21(29)30-12-14;1-5(2)3-6-4-5;;/h3-14H,15-17H2,1-2H3,(H2,34,35)(H,36,38);1-12H,13H2,(H2,29,30)(H,31,32)(H,33,34);6H,3-4H2,1-2H3;1H4;1H/b10-4+;8-2+;;;. The molecule has 15 nitrogen and oxygen atoms in total. The molecule has 22 heteroatoms. The van der Waals surface area contributed by atoms with E-state index in [0.29, 0.717) is 63.5 Å². The highest BCUT2D eigenvalue weighted by Crippen LogP contribution is 2.41. The first-order valence-corrected chi connectivity index (χ1v) is 25.2. The van der Waals surface area contributed by atoms with Gasteiger partial charge in [0, 0.05) is 67.1 Å². The first-order valence-electron chi connectivity index (χ1n) is 25.2. The zero-order chi connectivity index (χ0) is 58.4. The molecule has 2 fully saturated rings. The number of fused-ring (bicyclic) bond motifs is 2. The molecule has 8 aromatic rings. The van der Waals surface area contributed by atoms with Gasteiger partial charge in [-0.25, -0.2) is 14.8 Å². The van der Waals surface area contributed by atoms with Crippen molar-refractivity contribution < 1.29 is 59.5 Å². The topological polar surface area (TPSA) is 232 Å². The van der Waals surface area contributed by atoms with E-state index in [1.807, 2.05) is 0 Å². The number of hydrogen-bond acceptors (Lipinski definition) is 11. The van der Waals surface area contributed by atoms with Gasteiger partial charge in [0.2, 0.25) is 11.8 Å². The maximum Gasteiger partial charge on any atom is 0.420 e. The number of likely N-dealkylation sites (tertiary alicyclic amines) is 1. The zero-order valence-electron chi connectivity index (χ0n) is 44.7. The molecule has 2 aliphatic heterocycles. The van der Waals surface area contributed by atoms with Crippen LogP contribution in [0.3, 0.4) is 0 Å². The Balaban J connectivity index is 0.000000238. The summed E-state index contributed by atoms with van der Waals surface area (Å²) in [6, 6.07) is 26.6. The first kappa shape index (κ1) is 63.2. The number of nitrogens with zero attached hydrogens (tertiary/aromatic N) is 3. The number of anilines is 2. The Kier molecular flexibility index (Phi) is 19.7. The second-order valence-electron chi connectivity index (χ2n) is 21.0. The summed E-state index contributed by atoms with van der Waals surface area (Å²) in [4.78, 5) is 57.6. The molecule has 0 bridgehead atoms. The average molecular weight is 1170 g/mol. The molecular weight excluding hydrogens is 1110 g/mol. The number of carbonyl (C=O) groups is 4. The Morgan fingerprint density at radius 1 is 0.614 bits per heavy atom. The molecule has 4 aromatic heterocycles. The van der Waals surface area contributed by atoms with Crippen molar-refractivity contribution in [2.24, 2.45) is 10.8 Å². The van der Waals surface area contributed by atoms with Gasteiger partial charge in [-0.15, -0.1) is 12.4 Å². The van der Waals surface area contributed by atoms with Gasteiger partial charge in [-0.3, -0.25) is 14.4 Å². The molecule has 6 heterocycles. The van der Waals surface area contributed by atoms with E-state index in [0.717, 1.165) is 12.1 Å². The number of pyridine rings is 2. The Hall–Kier alpha value is -8.95. The molecule has 10 rings (SSSR count). The van der Waals surface area contributed by atoms with Gasteiger partial charge in [-0.2, -0.15) is 26.3 Å². The summed E-state index contributed by atoms with van der Waals surface area (Å²) in [5.74, 6) is -1.15. The molecule has 83 heavy (non-hydrogen) atoms. The molecule has 0 spiro atoms. The van der Waals surface area contributed by atoms with Crippen molar-refractivity contribution in [1.82, 2.24) is 30.8 Å². The van der Waals surface area contributed by atoms with Crippen molar-refractivity contribution >= 4 is 81.8 Å². The number of alkyl halides is 6. The number of hydrogen-bond donors (Lipinski definition) is 6. The number of amides is 3. The van der Waals surface area contributed by atoms with Crippen molar-refractivity contribution in [1.29, 1.82) is 0 Å². The molecule has 0 unspecified atom stereocenters. The molecule has 4 aromatic carbocycles. The molecule has 2 saturated heterocycles. The third-order valence-electron chi connectivity index (χ3n) is 13.0. The number of rotatable bonds is 12. The number of carboxylic acids is 1. The Labute approximate surface area is 480 Å². The van der Waals surface area contributed by atoms with Crippen LogP contribution in [0.25, 0.3) is 56.3 Å². The summed E-state index contributed by atoms with van der Waals surface area (Å²) in [6.07, 6.45) is -0.757. The second-order valence-corrected chi connectivity index (χ2v) is 21.0. The molecule has 0 atom stereocenters. The summed E-state index contributed by atoms with van der Waals surface area (Å²) < 4.78 is 94.2. The van der Waals surface area contributed by atoms with Crippen LogP contribution in [0.2, 0.25) is 0 Å². The number of carboxylic acid groups (broad SMARTS) is 1. The van der Waals surface area contributed by atoms with Crippen molar-refractivity contribution in [3.8, 4) is 22.3 Å². The lowest BCUT2D eigenvalue weighted by atomic mass is 9.84. The van der Waals surface area contributed by atoms with E-state index in [4.69, 9.17) is 25.4 Å². The number of furan rings is 2. The fraction of sp³-hybridized carbons (Fsp3) is 0.246. The van der Waals surface area contributed by atoms with Gasteiger partial charge in [0.25, 0.3) is 5.91 Å². The van der Waals surface area contributed by atoms with Gasteiger partial charge >= 0.3 is 18.3 Å². The Morgan fingerprint density at radius 3 is 1.34 bits per heavy atom. The number of nitrogen functional groups attached to an aromatic ring is 2. The minimum Gasteiger partial charge on any atom is -0.478 e. The van der Waals surface area contributed by atoms with E-state index in [-0.39, 0.29) is 88.8 Å². The van der Waals surface area contributed by atoms with Crippen LogP contribution >= 0.6 is 12.4 Å². The van der Waals surface area contributed by atoms with Crippen LogP contribution in [-0.4, -0.2) is 69.8 Å². The smallest absolute Gasteiger partial charge is 0.420 e. The summed E-state index contributed by atoms with van der Waals surface area (Å²) >= 11 is 0. The first-order chi connectivity index (χ1) is 38.2. The number of benzene rings is 4. The minimum atomic E-state index is -4.69. The van der Waals surface area contributed by atoms with E-state index < -0.39 is 41.3 Å². The van der Waals surface area contributed by atoms with Crippen molar-refractivity contribution in [3.05, 3.63) is 179 Å². The van der Waals surface area contributed by atoms with Crippen molar-refractivity contribution in [2.75, 3.05) is 37.6 Å². The van der Waals surface area contributed by atoms with Gasteiger partial charge in [0.1, 0.15) is 34.3 Å². The molecule has 0 saturated carbocycles. The van der Waals surface area contributed by atoms with Crippen molar-refractivity contribution in [2.45, 2.75) is 60.6 Å². The van der Waals surface area contributed by atoms with E-state index in [1.54, 1.807) is 59.5 Å². The van der Waals surface area contributed by atoms with Gasteiger partial charge in [0.05, 0.1) is 29.8 Å². The van der Waals surface area contributed by atoms with Crippen molar-refractivity contribution in [3.63, 3.8) is 0 Å². The normalized spacial score (nSPS) is 14.2. The summed E-state index contributed by atoms with van der Waals surface area (Å²) in [6.45, 7) is 12.2. The molecule has 2 aliphatic rings. The lowest BCUT2D eigenvalue weighted by molar-refractivity contribution is -0.137. The number of carbonyl (C=O) groups excluding carboxylic acids is 3. The number of nitrogens with one attached hydrogen (secondary N) is 3. The maximum atomic E-state index is 14.0. The van der Waals surface area contributed by atoms with E-state index >= 15 is 0 Å². The molecule has 3 amide bonds. The predicted molar refractivity (Wildman–Crippen MR) is 310 cm³/mol. The van der Waals surface area contributed by atoms with Gasteiger partial charge in [-0.05, 0) is 141 Å². The van der Waals surface area contributed by atoms with Gasteiger partial charge in [0.15, 0.2) is 0 Å². The SMILES string of the molecule is C.CC1(C)CN(C(=O)c2ccc(-c3cc(C(F)(F)F)c4oc(CNC(=O)/C=C/c5ccc(N)nc5)cc4c3)cc2)C1.CC1(C)CNC1.Cl.Nc1ccc(/C=C/C(=O)NCc2cc3cc(-c4ccc(C(=O)O)cc4)cc(C(F)(F)F)c3o2)cn1. The van der Waals surface area contributed by atoms with E-state index in [9.17, 15) is 45.5 Å². The van der Waals surface area contributed by atoms with Crippen LogP contribution in [0.15, 0.2) is 143 Å². The minimum absolute atomic E-state index is 0. The van der Waals surface area contributed by atoms with Crippen LogP contribution in [0.5, 0.6) is 0 Å². The van der Waals surface area contributed by atoms with E-state index in [2.05, 4.69) is 53.6 Å². The fourth-order valence-corrected chi connectivity index (χ4v) is 8.73. The molecule has 436 valence electrons. The Morgan fingerprint density at radius 2 is 1.01 bits per heavy atom. The van der Waals surface area contributed by atoms with Gasteiger partial charge < -0.3 is 46.3 Å². The summed E-state index contributed by atoms with van der Waals surface area (Å²) in [5.41, 5.74) is 12.6. The van der Waals surface area contributed by atoms with E-state index in [1.165, 1.54) is 92.3 Å². The monoisotopic (exact) mass is 1170 g/mol. The van der Waals surface area contributed by atoms with Crippen LogP contribution in [0.1, 0.15) is 89.6 Å². The lowest BCUT2D eigenvalue weighted by Gasteiger charge is -2.45. The molecular formula is C61H61ClF6N8O7. The number of aromatic carboxylic acids is 1. The zero-order valence-corrected chi connectivity index (χ0v) is 45.5. The highest BCUT2D eigenvalue weighted by molar-refractivity contribution is 5.96. The third-order valence-corrected chi connectivity index (χ3v) is 13.0. The summed E-state index contributed by atoms with van der Waals surface area (Å²) in [5, 5.41) is 17.8. The molecule has 0 radical (unpaired) electrons. The highest BCUT2D eigenvalue weighted by Gasteiger charge is 2.38. The maximum absolute atomic E-state index is 14.0. The number of nitrogens with two attached hydrogens (primary N) is 2. The number of aromatic nitrogens is 2.